The van der Waals surface area contributed by atoms with Gasteiger partial charge in [-0.25, -0.2) is 0 Å². The number of aliphatic hydroxyl groups is 1. The number of ether oxygens (including phenoxy) is 2. The highest BCUT2D eigenvalue weighted by atomic mass is 16.5. The Balaban J connectivity index is 2.09. The minimum absolute atomic E-state index is 0.0730. The summed E-state index contributed by atoms with van der Waals surface area (Å²) in [6, 6.07) is 3.54. The third kappa shape index (κ3) is 4.97. The zero-order valence-corrected chi connectivity index (χ0v) is 9.23. The summed E-state index contributed by atoms with van der Waals surface area (Å²) >= 11 is 0. The molecule has 0 aromatic carbocycles. The highest BCUT2D eigenvalue weighted by Crippen LogP contribution is 2.08. The lowest BCUT2D eigenvalue weighted by atomic mass is 10.4. The summed E-state index contributed by atoms with van der Waals surface area (Å²) < 4.78 is 15.9. The van der Waals surface area contributed by atoms with Crippen LogP contribution in [0.2, 0.25) is 0 Å². The van der Waals surface area contributed by atoms with E-state index in [0.29, 0.717) is 25.6 Å². The summed E-state index contributed by atoms with van der Waals surface area (Å²) in [5, 5.41) is 8.77. The van der Waals surface area contributed by atoms with Crippen molar-refractivity contribution < 1.29 is 19.0 Å². The molecule has 0 radical (unpaired) electrons. The average Bonchev–Trinajstić information content (AvgIpc) is 2.65. The fraction of sp³-hybridized carbons (Fsp3) is 0.636. The fourth-order valence-electron chi connectivity index (χ4n) is 1.10. The summed E-state index contributed by atoms with van der Waals surface area (Å²) in [5.41, 5.74) is 0. The van der Waals surface area contributed by atoms with Gasteiger partial charge in [-0.3, -0.25) is 0 Å². The van der Waals surface area contributed by atoms with E-state index in [1.54, 1.807) is 12.1 Å². The van der Waals surface area contributed by atoms with E-state index < -0.39 is 0 Å². The van der Waals surface area contributed by atoms with E-state index in [2.05, 4.69) is 0 Å². The first-order valence-corrected chi connectivity index (χ1v) is 5.10. The van der Waals surface area contributed by atoms with E-state index in [4.69, 9.17) is 19.0 Å². The molecule has 0 atom stereocenters. The van der Waals surface area contributed by atoms with Crippen molar-refractivity contribution in [2.45, 2.75) is 33.2 Å². The second kappa shape index (κ2) is 6.61. The molecule has 0 bridgehead atoms. The number of hydrogen-bond acceptors (Lipinski definition) is 4. The topological polar surface area (TPSA) is 51.8 Å². The highest BCUT2D eigenvalue weighted by Gasteiger charge is 2.00. The van der Waals surface area contributed by atoms with E-state index in [0.717, 1.165) is 5.76 Å². The molecule has 0 spiro atoms. The van der Waals surface area contributed by atoms with Gasteiger partial charge < -0.3 is 19.0 Å². The first-order valence-electron chi connectivity index (χ1n) is 5.10. The van der Waals surface area contributed by atoms with Crippen LogP contribution in [0.1, 0.15) is 25.4 Å². The Morgan fingerprint density at radius 2 is 2.00 bits per heavy atom. The molecule has 86 valence electrons. The van der Waals surface area contributed by atoms with Gasteiger partial charge in [0.05, 0.1) is 19.3 Å². The Morgan fingerprint density at radius 1 is 1.27 bits per heavy atom. The molecule has 1 N–H and O–H groups in total. The molecule has 15 heavy (non-hydrogen) atoms. The summed E-state index contributed by atoms with van der Waals surface area (Å²) in [7, 11) is 0. The van der Waals surface area contributed by atoms with Crippen LogP contribution in [-0.4, -0.2) is 24.4 Å². The quantitative estimate of drug-likeness (QED) is 0.702. The van der Waals surface area contributed by atoms with Gasteiger partial charge in [-0.15, -0.1) is 0 Å². The molecule has 0 saturated heterocycles. The van der Waals surface area contributed by atoms with Gasteiger partial charge in [-0.2, -0.15) is 0 Å². The Labute approximate surface area is 89.8 Å². The van der Waals surface area contributed by atoms with Crippen molar-refractivity contribution in [3.8, 4) is 0 Å². The maximum absolute atomic E-state index is 8.77. The summed E-state index contributed by atoms with van der Waals surface area (Å²) in [4.78, 5) is 0. The largest absolute Gasteiger partial charge is 0.461 e. The van der Waals surface area contributed by atoms with Crippen molar-refractivity contribution in [1.82, 2.24) is 0 Å². The smallest absolute Gasteiger partial charge is 0.129 e. The van der Waals surface area contributed by atoms with Crippen molar-refractivity contribution >= 4 is 0 Å². The molecular weight excluding hydrogens is 196 g/mol. The molecule has 0 fully saturated rings. The third-order valence-electron chi connectivity index (χ3n) is 1.80. The number of rotatable bonds is 7. The maximum Gasteiger partial charge on any atom is 0.129 e. The van der Waals surface area contributed by atoms with Gasteiger partial charge >= 0.3 is 0 Å². The lowest BCUT2D eigenvalue weighted by molar-refractivity contribution is 0.00992. The lowest BCUT2D eigenvalue weighted by Crippen LogP contribution is -2.09. The second-order valence-electron chi connectivity index (χ2n) is 3.50. The van der Waals surface area contributed by atoms with Crippen LogP contribution in [0.25, 0.3) is 0 Å². The zero-order valence-electron chi connectivity index (χ0n) is 9.23. The average molecular weight is 214 g/mol. The number of furan rings is 1. The predicted octanol–water partition coefficient (Wildman–Crippen LogP) is 1.71. The van der Waals surface area contributed by atoms with Crippen LogP contribution in [0.3, 0.4) is 0 Å². The molecule has 1 rings (SSSR count). The van der Waals surface area contributed by atoms with Crippen molar-refractivity contribution in [1.29, 1.82) is 0 Å². The normalized spacial score (nSPS) is 11.2. The summed E-state index contributed by atoms with van der Waals surface area (Å²) in [6.07, 6.45) is 0.234. The van der Waals surface area contributed by atoms with Crippen molar-refractivity contribution in [3.05, 3.63) is 23.7 Å². The molecule has 0 unspecified atom stereocenters. The van der Waals surface area contributed by atoms with E-state index in [9.17, 15) is 0 Å². The molecule has 0 aliphatic carbocycles. The highest BCUT2D eigenvalue weighted by molar-refractivity contribution is 5.05. The molecule has 0 saturated carbocycles. The Hall–Kier alpha value is -0.840. The Bertz CT molecular complexity index is 267. The monoisotopic (exact) mass is 214 g/mol. The minimum atomic E-state index is -0.0730. The van der Waals surface area contributed by atoms with Crippen molar-refractivity contribution in [2.24, 2.45) is 0 Å². The standard InChI is InChI=1S/C11H18O4/c1-9(2)14-6-5-13-8-11-4-3-10(7-12)15-11/h3-4,9,12H,5-8H2,1-2H3. The molecule has 4 heteroatoms. The van der Waals surface area contributed by atoms with Crippen LogP contribution in [-0.2, 0) is 22.7 Å². The van der Waals surface area contributed by atoms with Gasteiger partial charge in [0.2, 0.25) is 0 Å². The maximum atomic E-state index is 8.77. The molecule has 1 aromatic heterocycles. The van der Waals surface area contributed by atoms with Gasteiger partial charge in [-0.05, 0) is 26.0 Å². The number of hydrogen-bond donors (Lipinski definition) is 1. The Morgan fingerprint density at radius 3 is 2.60 bits per heavy atom. The fourth-order valence-corrected chi connectivity index (χ4v) is 1.10. The van der Waals surface area contributed by atoms with Crippen molar-refractivity contribution in [2.75, 3.05) is 13.2 Å². The predicted molar refractivity (Wildman–Crippen MR) is 55.4 cm³/mol. The van der Waals surface area contributed by atoms with E-state index in [1.165, 1.54) is 0 Å². The third-order valence-corrected chi connectivity index (χ3v) is 1.80. The van der Waals surface area contributed by atoms with Gasteiger partial charge in [0.15, 0.2) is 0 Å². The van der Waals surface area contributed by atoms with Crippen LogP contribution >= 0.6 is 0 Å². The van der Waals surface area contributed by atoms with E-state index in [-0.39, 0.29) is 12.7 Å². The lowest BCUT2D eigenvalue weighted by Gasteiger charge is -2.06. The SMILES string of the molecule is CC(C)OCCOCc1ccc(CO)o1. The zero-order chi connectivity index (χ0) is 11.1. The van der Waals surface area contributed by atoms with Gasteiger partial charge in [0.25, 0.3) is 0 Å². The first kappa shape index (κ1) is 12.2. The Kier molecular flexibility index (Phi) is 5.39. The van der Waals surface area contributed by atoms with E-state index >= 15 is 0 Å². The molecule has 0 aliphatic heterocycles. The molecule has 1 heterocycles. The van der Waals surface area contributed by atoms with E-state index in [1.807, 2.05) is 13.8 Å². The first-order chi connectivity index (χ1) is 7.22. The van der Waals surface area contributed by atoms with Crippen LogP contribution in [0.5, 0.6) is 0 Å². The molecule has 1 aromatic rings. The van der Waals surface area contributed by atoms with Crippen LogP contribution in [0.15, 0.2) is 16.5 Å². The molecule has 0 aliphatic rings. The van der Waals surface area contributed by atoms with Crippen LogP contribution in [0.4, 0.5) is 0 Å². The van der Waals surface area contributed by atoms with Gasteiger partial charge in [0, 0.05) is 0 Å². The summed E-state index contributed by atoms with van der Waals surface area (Å²) in [5.74, 6) is 1.29. The van der Waals surface area contributed by atoms with Gasteiger partial charge in [-0.1, -0.05) is 0 Å². The molecule has 0 amide bonds. The van der Waals surface area contributed by atoms with Crippen LogP contribution in [0, 0.1) is 0 Å². The molecule has 4 nitrogen and oxygen atoms in total. The summed E-state index contributed by atoms with van der Waals surface area (Å²) in [6.45, 7) is 5.45. The minimum Gasteiger partial charge on any atom is -0.461 e. The van der Waals surface area contributed by atoms with Crippen LogP contribution < -0.4 is 0 Å². The molecular formula is C11H18O4. The van der Waals surface area contributed by atoms with Crippen molar-refractivity contribution in [3.63, 3.8) is 0 Å². The van der Waals surface area contributed by atoms with Gasteiger partial charge in [0.1, 0.15) is 24.7 Å². The number of aliphatic hydroxyl groups excluding tert-OH is 1. The second-order valence-corrected chi connectivity index (χ2v) is 3.50.